The zero-order valence-corrected chi connectivity index (χ0v) is 19.5. The minimum Gasteiger partial charge on any atom is -0.321 e. The minimum absolute atomic E-state index is 0.0408. The number of nitrogens with one attached hydrogen (secondary N) is 1. The maximum absolute atomic E-state index is 12.9. The number of aryl methyl sites for hydroxylation is 2. The summed E-state index contributed by atoms with van der Waals surface area (Å²) in [5, 5.41) is 11.8. The van der Waals surface area contributed by atoms with E-state index < -0.39 is 17.6 Å². The summed E-state index contributed by atoms with van der Waals surface area (Å²) in [6.07, 6.45) is -2.41. The van der Waals surface area contributed by atoms with Crippen LogP contribution in [-0.4, -0.2) is 5.91 Å². The maximum Gasteiger partial charge on any atom is 0.416 e. The lowest BCUT2D eigenvalue weighted by Gasteiger charge is -2.10. The van der Waals surface area contributed by atoms with E-state index in [0.29, 0.717) is 12.0 Å². The van der Waals surface area contributed by atoms with Crippen molar-refractivity contribution in [3.8, 4) is 6.07 Å². The first kappa shape index (κ1) is 24.3. The zero-order chi connectivity index (χ0) is 24.2. The van der Waals surface area contributed by atoms with E-state index in [1.54, 1.807) is 12.1 Å². The summed E-state index contributed by atoms with van der Waals surface area (Å²) in [7, 11) is 0. The second kappa shape index (κ2) is 10.1. The van der Waals surface area contributed by atoms with Gasteiger partial charge in [-0.1, -0.05) is 63.5 Å². The Kier molecular flexibility index (Phi) is 7.39. The summed E-state index contributed by atoms with van der Waals surface area (Å²) < 4.78 is 39.5. The SMILES string of the molecule is Cc1cc(C)cc(Cc2ccc(/C=C(\C#N)C(=O)Nc3cccc(C(F)(F)F)c3)cc2Br)c1. The van der Waals surface area contributed by atoms with Gasteiger partial charge in [-0.3, -0.25) is 4.79 Å². The van der Waals surface area contributed by atoms with Crippen molar-refractivity contribution in [2.24, 2.45) is 0 Å². The molecule has 0 spiro atoms. The Morgan fingerprint density at radius 1 is 1.06 bits per heavy atom. The molecule has 3 rings (SSSR count). The molecule has 3 aromatic rings. The molecule has 0 saturated carbocycles. The Bertz CT molecular complexity index is 1250. The second-order valence-electron chi connectivity index (χ2n) is 7.73. The van der Waals surface area contributed by atoms with Crippen LogP contribution in [0.15, 0.2) is 70.7 Å². The lowest BCUT2D eigenvalue weighted by Crippen LogP contribution is -2.14. The van der Waals surface area contributed by atoms with Gasteiger partial charge < -0.3 is 5.32 Å². The monoisotopic (exact) mass is 512 g/mol. The number of amides is 1. The average molecular weight is 513 g/mol. The van der Waals surface area contributed by atoms with Crippen LogP contribution < -0.4 is 5.32 Å². The van der Waals surface area contributed by atoms with Crippen LogP contribution in [0, 0.1) is 25.2 Å². The Labute approximate surface area is 198 Å². The van der Waals surface area contributed by atoms with E-state index >= 15 is 0 Å². The molecular formula is C26H20BrF3N2O. The first-order valence-corrected chi connectivity index (χ1v) is 10.8. The summed E-state index contributed by atoms with van der Waals surface area (Å²) in [6.45, 7) is 4.10. The molecule has 3 nitrogen and oxygen atoms in total. The summed E-state index contributed by atoms with van der Waals surface area (Å²) in [5.74, 6) is -0.785. The highest BCUT2D eigenvalue weighted by atomic mass is 79.9. The fraction of sp³-hybridized carbons (Fsp3) is 0.154. The van der Waals surface area contributed by atoms with Crippen LogP contribution in [0.4, 0.5) is 18.9 Å². The van der Waals surface area contributed by atoms with Crippen LogP contribution in [0.5, 0.6) is 0 Å². The number of carbonyl (C=O) groups excluding carboxylic acids is 1. The molecule has 0 bridgehead atoms. The van der Waals surface area contributed by atoms with Crippen LogP contribution in [-0.2, 0) is 17.4 Å². The third kappa shape index (κ3) is 6.56. The number of halogens is 4. The third-order valence-electron chi connectivity index (χ3n) is 4.88. The first-order chi connectivity index (χ1) is 15.5. The largest absolute Gasteiger partial charge is 0.416 e. The fourth-order valence-electron chi connectivity index (χ4n) is 3.47. The predicted molar refractivity (Wildman–Crippen MR) is 127 cm³/mol. The topological polar surface area (TPSA) is 52.9 Å². The van der Waals surface area contributed by atoms with Gasteiger partial charge in [0.05, 0.1) is 5.56 Å². The number of nitriles is 1. The Balaban J connectivity index is 1.79. The van der Waals surface area contributed by atoms with Gasteiger partial charge in [0.15, 0.2) is 0 Å². The molecule has 3 aromatic carbocycles. The fourth-order valence-corrected chi connectivity index (χ4v) is 4.01. The van der Waals surface area contributed by atoms with Gasteiger partial charge in [0.2, 0.25) is 0 Å². The summed E-state index contributed by atoms with van der Waals surface area (Å²) in [6, 6.07) is 17.9. The molecular weight excluding hydrogens is 493 g/mol. The molecule has 0 atom stereocenters. The van der Waals surface area contributed by atoms with Crippen molar-refractivity contribution in [2.75, 3.05) is 5.32 Å². The number of nitrogens with zero attached hydrogens (tertiary/aromatic N) is 1. The van der Waals surface area contributed by atoms with Gasteiger partial charge in [-0.05, 0) is 67.3 Å². The molecule has 0 unspecified atom stereocenters. The standard InChI is InChI=1S/C26H20BrF3N2O/c1-16-8-17(2)10-19(9-16)12-20-7-6-18(13-24(20)27)11-21(15-31)25(33)32-23-5-3-4-22(14-23)26(28,29)30/h3-11,13-14H,12H2,1-2H3,(H,32,33)/b21-11+. The maximum atomic E-state index is 12.9. The van der Waals surface area contributed by atoms with Gasteiger partial charge in [0.25, 0.3) is 5.91 Å². The number of hydrogen-bond donors (Lipinski definition) is 1. The Hall–Kier alpha value is -3.37. The molecule has 0 aliphatic rings. The summed E-state index contributed by atoms with van der Waals surface area (Å²) in [4.78, 5) is 12.5. The van der Waals surface area contributed by atoms with Crippen molar-refractivity contribution in [3.05, 3.63) is 104 Å². The molecule has 168 valence electrons. The highest BCUT2D eigenvalue weighted by Gasteiger charge is 2.30. The van der Waals surface area contributed by atoms with Crippen molar-refractivity contribution in [3.63, 3.8) is 0 Å². The lowest BCUT2D eigenvalue weighted by molar-refractivity contribution is -0.137. The van der Waals surface area contributed by atoms with E-state index in [9.17, 15) is 23.2 Å². The molecule has 0 heterocycles. The van der Waals surface area contributed by atoms with Crippen LogP contribution in [0.2, 0.25) is 0 Å². The van der Waals surface area contributed by atoms with E-state index in [0.717, 1.165) is 22.2 Å². The second-order valence-corrected chi connectivity index (χ2v) is 8.58. The highest BCUT2D eigenvalue weighted by Crippen LogP contribution is 2.31. The molecule has 1 N–H and O–H groups in total. The molecule has 1 amide bonds. The molecule has 0 aliphatic carbocycles. The normalized spacial score (nSPS) is 11.7. The number of anilines is 1. The number of alkyl halides is 3. The van der Waals surface area contributed by atoms with Crippen LogP contribution in [0.3, 0.4) is 0 Å². The molecule has 0 fully saturated rings. The van der Waals surface area contributed by atoms with Crippen molar-refractivity contribution in [2.45, 2.75) is 26.4 Å². The van der Waals surface area contributed by atoms with Crippen molar-refractivity contribution < 1.29 is 18.0 Å². The quantitative estimate of drug-likeness (QED) is 0.289. The van der Waals surface area contributed by atoms with Gasteiger partial charge in [-0.2, -0.15) is 18.4 Å². The van der Waals surface area contributed by atoms with Crippen molar-refractivity contribution in [1.82, 2.24) is 0 Å². The van der Waals surface area contributed by atoms with Crippen LogP contribution >= 0.6 is 15.9 Å². The zero-order valence-electron chi connectivity index (χ0n) is 17.9. The molecule has 7 heteroatoms. The molecule has 33 heavy (non-hydrogen) atoms. The van der Waals surface area contributed by atoms with Gasteiger partial charge in [0.1, 0.15) is 11.6 Å². The van der Waals surface area contributed by atoms with E-state index in [2.05, 4.69) is 39.4 Å². The van der Waals surface area contributed by atoms with E-state index in [1.807, 2.05) is 26.0 Å². The molecule has 0 aliphatic heterocycles. The molecule has 0 saturated heterocycles. The van der Waals surface area contributed by atoms with Gasteiger partial charge in [-0.25, -0.2) is 0 Å². The number of carbonyl (C=O) groups is 1. The average Bonchev–Trinajstić information content (AvgIpc) is 2.72. The number of benzene rings is 3. The van der Waals surface area contributed by atoms with Crippen LogP contribution in [0.25, 0.3) is 6.08 Å². The summed E-state index contributed by atoms with van der Waals surface area (Å²) >= 11 is 3.55. The Morgan fingerprint density at radius 3 is 2.36 bits per heavy atom. The molecule has 0 aromatic heterocycles. The highest BCUT2D eigenvalue weighted by molar-refractivity contribution is 9.10. The Morgan fingerprint density at radius 2 is 1.76 bits per heavy atom. The number of hydrogen-bond acceptors (Lipinski definition) is 2. The lowest BCUT2D eigenvalue weighted by atomic mass is 9.99. The molecule has 0 radical (unpaired) electrons. The first-order valence-electron chi connectivity index (χ1n) is 10.0. The van der Waals surface area contributed by atoms with E-state index in [1.165, 1.54) is 34.9 Å². The third-order valence-corrected chi connectivity index (χ3v) is 5.62. The predicted octanol–water partition coefficient (Wildman–Crippen LogP) is 7.22. The van der Waals surface area contributed by atoms with Crippen LogP contribution in [0.1, 0.15) is 33.4 Å². The van der Waals surface area contributed by atoms with Crippen molar-refractivity contribution in [1.29, 1.82) is 5.26 Å². The summed E-state index contributed by atoms with van der Waals surface area (Å²) in [5.41, 5.74) is 4.06. The van der Waals surface area contributed by atoms with E-state index in [4.69, 9.17) is 0 Å². The smallest absolute Gasteiger partial charge is 0.321 e. The van der Waals surface area contributed by atoms with Gasteiger partial charge in [0, 0.05) is 10.2 Å². The van der Waals surface area contributed by atoms with E-state index in [-0.39, 0.29) is 11.3 Å². The minimum atomic E-state index is -4.53. The number of rotatable bonds is 5. The van der Waals surface area contributed by atoms with Crippen molar-refractivity contribution >= 4 is 33.6 Å². The van der Waals surface area contributed by atoms with Gasteiger partial charge >= 0.3 is 6.18 Å². The van der Waals surface area contributed by atoms with Gasteiger partial charge in [-0.15, -0.1) is 0 Å².